The molecule has 40 heteroatoms. The molecule has 0 saturated carbocycles. The van der Waals surface area contributed by atoms with Crippen LogP contribution in [0.15, 0.2) is 146 Å². The number of nitrogens with zero attached hydrogens (tertiary/aromatic N) is 3. The Kier molecular flexibility index (Phi) is 46.2. The van der Waals surface area contributed by atoms with E-state index < -0.39 is 144 Å². The molecule has 0 amide bonds. The Morgan fingerprint density at radius 1 is 0.393 bits per heavy atom. The summed E-state index contributed by atoms with van der Waals surface area (Å²) in [6, 6.07) is 31.4. The molecular weight excluding hydrogens is 1720 g/mol. The van der Waals surface area contributed by atoms with Crippen LogP contribution in [0.4, 0.5) is 79.0 Å². The number of nitrogens with two attached hydrogens (primary N) is 2. The fourth-order valence-electron chi connectivity index (χ4n) is 14.3. The molecule has 0 radical (unpaired) electrons. The van der Waals surface area contributed by atoms with Gasteiger partial charge in [0.05, 0.1) is 70.4 Å². The van der Waals surface area contributed by atoms with Gasteiger partial charge in [-0.05, 0) is 136 Å². The van der Waals surface area contributed by atoms with Crippen LogP contribution in [-0.4, -0.2) is 101 Å². The quantitative estimate of drug-likeness (QED) is 0.0220. The summed E-state index contributed by atoms with van der Waals surface area (Å²) in [4.78, 5) is 34.8. The maximum Gasteiger partial charge on any atom is 0.416 e. The lowest BCUT2D eigenvalue weighted by atomic mass is 9.75. The van der Waals surface area contributed by atoms with E-state index in [0.29, 0.717) is 94.2 Å². The van der Waals surface area contributed by atoms with E-state index in [4.69, 9.17) is 31.7 Å². The predicted molar refractivity (Wildman–Crippen MR) is 434 cm³/mol. The van der Waals surface area contributed by atoms with E-state index in [-0.39, 0.29) is 159 Å². The van der Waals surface area contributed by atoms with Crippen molar-refractivity contribution >= 4 is 35.7 Å². The highest BCUT2D eigenvalue weighted by Gasteiger charge is 2.57. The van der Waals surface area contributed by atoms with Crippen molar-refractivity contribution in [2.45, 2.75) is 244 Å². The molecule has 3 aliphatic rings. The molecule has 3 unspecified atom stereocenters. The van der Waals surface area contributed by atoms with Gasteiger partial charge in [-0.2, -0.15) is 92.5 Å². The van der Waals surface area contributed by atoms with Gasteiger partial charge in [0.25, 0.3) is 11.1 Å². The van der Waals surface area contributed by atoms with Crippen LogP contribution in [0.25, 0.3) is 0 Å². The van der Waals surface area contributed by atoms with Gasteiger partial charge in [0.1, 0.15) is 37.4 Å². The number of rotatable bonds is 24. The first-order valence-corrected chi connectivity index (χ1v) is 39.4. The van der Waals surface area contributed by atoms with E-state index in [2.05, 4.69) is 5.32 Å². The lowest BCUT2D eigenvalue weighted by molar-refractivity contribution is -0.788. The Bertz CT molecular complexity index is 3690. The number of alkyl halides is 18. The van der Waals surface area contributed by atoms with Crippen molar-refractivity contribution in [3.63, 3.8) is 0 Å². The Balaban J connectivity index is 0. The average molecular weight is 1830 g/mol. The molecule has 0 aliphatic carbocycles. The molecule has 3 fully saturated rings. The first kappa shape index (κ1) is 117. The molecule has 6 aromatic rings. The minimum absolute atomic E-state index is 0. The Morgan fingerprint density at radius 3 is 0.828 bits per heavy atom. The van der Waals surface area contributed by atoms with E-state index in [0.717, 1.165) is 29.2 Å². The largest absolute Gasteiger partial charge is 0.773 e. The number of benzene rings is 6. The lowest BCUT2D eigenvalue weighted by Gasteiger charge is -2.44. The zero-order valence-electron chi connectivity index (χ0n) is 64.7. The predicted octanol–water partition coefficient (Wildman–Crippen LogP) is 20.9. The first-order valence-electron chi connectivity index (χ1n) is 36.4. The Hall–Kier alpha value is -7.41. The maximum absolute atomic E-state index is 13.3. The molecule has 122 heavy (non-hydrogen) atoms. The topological polar surface area (TPSA) is 283 Å². The highest BCUT2D eigenvalue weighted by atomic mass is 32.2. The van der Waals surface area contributed by atoms with E-state index in [1.807, 2.05) is 79.9 Å². The number of nitrogens with one attached hydrogen (secondary N) is 1. The standard InChI is InChI=1S/3C25H28F6N2O3.2CH4O2S.5CH4.H2S/c3*1-3-9-22(33(34)35)10-11-23(32-15-22,19-7-5-4-6-8-19)16-36-17(2)18-12-20(24(26,27)28)14-21(13-18)25(29,30)31;2*1-4(2)3;;;;;;/h3*4-8,12-14,17,32H,3,9-11,15-16H2,1-2H3;2*1H3,(H,2,3);5*1H4;1H2/t17-,22?,23-;17-,22+,23-;17-,22-,23-;;;;;;;;/m111......../s1. The van der Waals surface area contributed by atoms with E-state index in [9.17, 15) is 109 Å². The highest BCUT2D eigenvalue weighted by Crippen LogP contribution is 2.45. The molecule has 6 aromatic carbocycles. The first-order chi connectivity index (χ1) is 53.6. The van der Waals surface area contributed by atoms with Gasteiger partial charge in [0.15, 0.2) is 0 Å². The van der Waals surface area contributed by atoms with Crippen molar-refractivity contribution in [3.8, 4) is 0 Å². The molecule has 19 nitrogen and oxygen atoms in total. The Morgan fingerprint density at radius 2 is 0.623 bits per heavy atom. The van der Waals surface area contributed by atoms with Crippen LogP contribution in [0.3, 0.4) is 0 Å². The van der Waals surface area contributed by atoms with Crippen LogP contribution in [0.5, 0.6) is 0 Å². The molecular formula is C82H114F18N6O13S3. The van der Waals surface area contributed by atoms with Crippen molar-refractivity contribution < 1.29 is 136 Å². The second-order valence-corrected chi connectivity index (χ2v) is 30.6. The second kappa shape index (κ2) is 48.3. The number of hydrogen-bond acceptors (Lipinski definition) is 14. The van der Waals surface area contributed by atoms with E-state index in [1.54, 1.807) is 42.5 Å². The number of quaternary nitrogens is 2. The SMILES string of the molecule is C.C.C.C.C.CCCC1([N+](=O)[O-])CC[C@@](CO[C@H](C)c2cc(C(F)(F)F)cc(C(F)(F)F)c2)(c2ccccc2)NC1.CCC[C@@]1([N+](=O)[O-])CC[C@@](CO[C@H](C)c2cc(C(F)(F)F)cc(C(F)(F)F)c2)(c2ccccc2)[NH2+]C1.CCC[C@]1([N+](=O)[O-])CC[C@@](CO[C@H](C)c2cc(C(F)(F)F)cc(C(F)(F)F)c2)(c2ccccc2)[NH2+]C1.CS(=O)[O-].CS(=O)[O-].S. The zero-order chi connectivity index (χ0) is 87.5. The summed E-state index contributed by atoms with van der Waals surface area (Å²) < 4.78 is 293. The molecule has 694 valence electrons. The third-order valence-electron chi connectivity index (χ3n) is 20.9. The van der Waals surface area contributed by atoms with Crippen LogP contribution in [0.2, 0.25) is 0 Å². The van der Waals surface area contributed by atoms with E-state index in [1.165, 1.54) is 20.8 Å². The third kappa shape index (κ3) is 32.2. The third-order valence-corrected chi connectivity index (χ3v) is 20.9. The normalized spacial score (nSPS) is 22.2. The molecule has 3 aliphatic heterocycles. The number of halogens is 18. The summed E-state index contributed by atoms with van der Waals surface area (Å²) in [5.41, 5.74) is -12.5. The molecule has 9 rings (SSSR count). The zero-order valence-corrected chi connectivity index (χ0v) is 67.4. The van der Waals surface area contributed by atoms with Crippen molar-refractivity contribution in [1.29, 1.82) is 0 Å². The summed E-state index contributed by atoms with van der Waals surface area (Å²) in [6.07, 6.45) is -25.9. The molecule has 11 atom stereocenters. The van der Waals surface area contributed by atoms with Crippen molar-refractivity contribution in [3.05, 3.63) is 243 Å². The number of ether oxygens (including phenoxy) is 3. The molecule has 5 N–H and O–H groups in total. The van der Waals surface area contributed by atoms with Gasteiger partial charge in [-0.3, -0.25) is 44.1 Å². The van der Waals surface area contributed by atoms with Gasteiger partial charge in [0, 0.05) is 77.3 Å². The maximum atomic E-state index is 13.3. The molecule has 0 aromatic heterocycles. The smallest absolute Gasteiger partial charge is 0.416 e. The molecule has 0 spiro atoms. The van der Waals surface area contributed by atoms with Gasteiger partial charge >= 0.3 is 37.1 Å². The van der Waals surface area contributed by atoms with E-state index >= 15 is 0 Å². The van der Waals surface area contributed by atoms with Gasteiger partial charge in [-0.1, -0.05) is 171 Å². The second-order valence-electron chi connectivity index (χ2n) is 29.0. The molecule has 0 bridgehead atoms. The number of piperidine rings is 3. The van der Waals surface area contributed by atoms with Gasteiger partial charge < -0.3 is 33.9 Å². The van der Waals surface area contributed by atoms with Crippen molar-refractivity contribution in [2.24, 2.45) is 0 Å². The lowest BCUT2D eigenvalue weighted by Crippen LogP contribution is -3.01. The van der Waals surface area contributed by atoms with Gasteiger partial charge in [0.2, 0.25) is 5.54 Å². The fourth-order valence-corrected chi connectivity index (χ4v) is 14.3. The van der Waals surface area contributed by atoms with Crippen LogP contribution < -0.4 is 16.0 Å². The number of nitro groups is 3. The van der Waals surface area contributed by atoms with Crippen LogP contribution >= 0.6 is 13.5 Å². The van der Waals surface area contributed by atoms with Gasteiger partial charge in [-0.15, -0.1) is 0 Å². The van der Waals surface area contributed by atoms with Crippen LogP contribution in [0.1, 0.15) is 241 Å². The van der Waals surface area contributed by atoms with Crippen LogP contribution in [-0.2, 0) is 90.0 Å². The molecule has 3 heterocycles. The summed E-state index contributed by atoms with van der Waals surface area (Å²) in [7, 11) is 0. The fraction of sp³-hybridized carbons (Fsp3) is 0.561. The van der Waals surface area contributed by atoms with Crippen LogP contribution in [0, 0.1) is 30.3 Å². The van der Waals surface area contributed by atoms with Crippen molar-refractivity contribution in [1.82, 2.24) is 5.32 Å². The summed E-state index contributed by atoms with van der Waals surface area (Å²) >= 11 is -3.72. The monoisotopic (exact) mass is 1830 g/mol. The molecule has 3 saturated heterocycles. The van der Waals surface area contributed by atoms with Crippen molar-refractivity contribution in [2.75, 3.05) is 52.0 Å². The minimum atomic E-state index is -4.96. The number of hydrogen-bond donors (Lipinski definition) is 3. The summed E-state index contributed by atoms with van der Waals surface area (Å²) in [6.45, 7) is 10.0. The summed E-state index contributed by atoms with van der Waals surface area (Å²) in [5, 5.41) is 42.5. The Labute approximate surface area is 712 Å². The average Bonchev–Trinajstić information content (AvgIpc) is 0.777. The summed E-state index contributed by atoms with van der Waals surface area (Å²) in [5.74, 6) is 0. The minimum Gasteiger partial charge on any atom is -0.773 e. The highest BCUT2D eigenvalue weighted by molar-refractivity contribution is 7.78. The van der Waals surface area contributed by atoms with Gasteiger partial charge in [-0.25, -0.2) is 0 Å².